The number of carbonyl (C=O) groups is 2. The van der Waals surface area contributed by atoms with Crippen LogP contribution in [0.4, 0.5) is 0 Å². The Morgan fingerprint density at radius 1 is 1.21 bits per heavy atom. The van der Waals surface area contributed by atoms with E-state index in [1.54, 1.807) is 21.7 Å². The number of rotatable bonds is 3. The summed E-state index contributed by atoms with van der Waals surface area (Å²) in [5.41, 5.74) is -0.0157. The van der Waals surface area contributed by atoms with Gasteiger partial charge in [-0.05, 0) is 6.42 Å². The first kappa shape index (κ1) is 18.3. The molecule has 0 spiro atoms. The van der Waals surface area contributed by atoms with Crippen LogP contribution in [0, 0.1) is 11.3 Å². The quantitative estimate of drug-likeness (QED) is 0.486. The zero-order valence-electron chi connectivity index (χ0n) is 13.9. The fourth-order valence-electron chi connectivity index (χ4n) is 2.93. The summed E-state index contributed by atoms with van der Waals surface area (Å²) in [6, 6.07) is 1.70. The molecule has 2 heterocycles. The standard InChI is InChI=1S/C15H22N4O4S/c1-12(20)18-4-6-19(7-5-18)15(21)13(9-16)10-17(2)14-3-8-24(22,23)11-14/h10,14H,3-8,11H2,1-2H3/b13-10-. The highest BCUT2D eigenvalue weighted by atomic mass is 32.2. The Hall–Kier alpha value is -2.08. The summed E-state index contributed by atoms with van der Waals surface area (Å²) in [4.78, 5) is 28.6. The smallest absolute Gasteiger partial charge is 0.266 e. The van der Waals surface area contributed by atoms with Crippen LogP contribution in [0.15, 0.2) is 11.8 Å². The average Bonchev–Trinajstić information content (AvgIpc) is 2.92. The monoisotopic (exact) mass is 354 g/mol. The van der Waals surface area contributed by atoms with E-state index in [0.29, 0.717) is 32.6 Å². The summed E-state index contributed by atoms with van der Waals surface area (Å²) < 4.78 is 23.1. The Morgan fingerprint density at radius 3 is 2.25 bits per heavy atom. The third-order valence-electron chi connectivity index (χ3n) is 4.48. The van der Waals surface area contributed by atoms with Crippen LogP contribution in [0.2, 0.25) is 0 Å². The zero-order chi connectivity index (χ0) is 17.9. The molecule has 2 aliphatic rings. The molecule has 0 aromatic carbocycles. The van der Waals surface area contributed by atoms with Crippen molar-refractivity contribution in [1.29, 1.82) is 5.26 Å². The largest absolute Gasteiger partial charge is 0.375 e. The van der Waals surface area contributed by atoms with Gasteiger partial charge in [0.15, 0.2) is 9.84 Å². The van der Waals surface area contributed by atoms with E-state index >= 15 is 0 Å². The Morgan fingerprint density at radius 2 is 1.79 bits per heavy atom. The molecular formula is C15H22N4O4S. The van der Waals surface area contributed by atoms with Crippen LogP contribution >= 0.6 is 0 Å². The van der Waals surface area contributed by atoms with Gasteiger partial charge in [0.05, 0.1) is 11.5 Å². The highest BCUT2D eigenvalue weighted by Crippen LogP contribution is 2.18. The maximum Gasteiger partial charge on any atom is 0.266 e. The van der Waals surface area contributed by atoms with Gasteiger partial charge in [0.1, 0.15) is 11.6 Å². The molecule has 2 fully saturated rings. The van der Waals surface area contributed by atoms with Crippen LogP contribution in [-0.2, 0) is 19.4 Å². The summed E-state index contributed by atoms with van der Waals surface area (Å²) in [5, 5.41) is 9.29. The van der Waals surface area contributed by atoms with E-state index in [1.807, 2.05) is 6.07 Å². The molecular weight excluding hydrogens is 332 g/mol. The van der Waals surface area contributed by atoms with Crippen molar-refractivity contribution in [2.24, 2.45) is 0 Å². The third-order valence-corrected chi connectivity index (χ3v) is 6.23. The van der Waals surface area contributed by atoms with E-state index < -0.39 is 9.84 Å². The van der Waals surface area contributed by atoms with Crippen LogP contribution in [-0.4, -0.2) is 85.7 Å². The van der Waals surface area contributed by atoms with Crippen LogP contribution in [0.3, 0.4) is 0 Å². The lowest BCUT2D eigenvalue weighted by Gasteiger charge is -2.34. The molecule has 2 aliphatic heterocycles. The van der Waals surface area contributed by atoms with Crippen molar-refractivity contribution in [1.82, 2.24) is 14.7 Å². The van der Waals surface area contributed by atoms with Crippen molar-refractivity contribution in [2.75, 3.05) is 44.7 Å². The highest BCUT2D eigenvalue weighted by molar-refractivity contribution is 7.91. The van der Waals surface area contributed by atoms with Gasteiger partial charge in [-0.1, -0.05) is 0 Å². The minimum Gasteiger partial charge on any atom is -0.375 e. The lowest BCUT2D eigenvalue weighted by molar-refractivity contribution is -0.136. The molecule has 132 valence electrons. The number of amides is 2. The van der Waals surface area contributed by atoms with Gasteiger partial charge in [-0.3, -0.25) is 9.59 Å². The van der Waals surface area contributed by atoms with Crippen molar-refractivity contribution in [3.05, 3.63) is 11.8 Å². The van der Waals surface area contributed by atoms with Gasteiger partial charge >= 0.3 is 0 Å². The first-order chi connectivity index (χ1) is 11.2. The zero-order valence-corrected chi connectivity index (χ0v) is 14.8. The maximum atomic E-state index is 12.5. The molecule has 2 rings (SSSR count). The second-order valence-electron chi connectivity index (χ2n) is 6.18. The van der Waals surface area contributed by atoms with Gasteiger partial charge in [-0.25, -0.2) is 8.42 Å². The Bertz CT molecular complexity index is 687. The molecule has 0 aromatic rings. The lowest BCUT2D eigenvalue weighted by atomic mass is 10.2. The van der Waals surface area contributed by atoms with Crippen molar-refractivity contribution < 1.29 is 18.0 Å². The van der Waals surface area contributed by atoms with Crippen LogP contribution in [0.1, 0.15) is 13.3 Å². The van der Waals surface area contributed by atoms with Crippen molar-refractivity contribution in [3.63, 3.8) is 0 Å². The van der Waals surface area contributed by atoms with E-state index in [9.17, 15) is 23.3 Å². The fraction of sp³-hybridized carbons (Fsp3) is 0.667. The summed E-state index contributed by atoms with van der Waals surface area (Å²) in [7, 11) is -1.34. The Balaban J connectivity index is 2.01. The van der Waals surface area contributed by atoms with Gasteiger partial charge in [-0.2, -0.15) is 5.26 Å². The number of carbonyl (C=O) groups excluding carboxylic acids is 2. The molecule has 0 aromatic heterocycles. The predicted molar refractivity (Wildman–Crippen MR) is 87.4 cm³/mol. The summed E-state index contributed by atoms with van der Waals surface area (Å²) >= 11 is 0. The molecule has 24 heavy (non-hydrogen) atoms. The second-order valence-corrected chi connectivity index (χ2v) is 8.40. The van der Waals surface area contributed by atoms with Crippen molar-refractivity contribution in [3.8, 4) is 6.07 Å². The number of nitrogens with zero attached hydrogens (tertiary/aromatic N) is 4. The highest BCUT2D eigenvalue weighted by Gasteiger charge is 2.31. The average molecular weight is 354 g/mol. The molecule has 2 saturated heterocycles. The van der Waals surface area contributed by atoms with Crippen molar-refractivity contribution in [2.45, 2.75) is 19.4 Å². The molecule has 0 N–H and O–H groups in total. The number of nitriles is 1. The van der Waals surface area contributed by atoms with E-state index in [4.69, 9.17) is 0 Å². The minimum absolute atomic E-state index is 0.0157. The van der Waals surface area contributed by atoms with Crippen LogP contribution in [0.25, 0.3) is 0 Å². The summed E-state index contributed by atoms with van der Waals surface area (Å²) in [5.74, 6) is -0.225. The molecule has 0 saturated carbocycles. The second kappa shape index (κ2) is 7.21. The summed E-state index contributed by atoms with van der Waals surface area (Å²) in [6.45, 7) is 3.17. The Kier molecular flexibility index (Phi) is 5.49. The third kappa shape index (κ3) is 4.26. The van der Waals surface area contributed by atoms with Gasteiger partial charge < -0.3 is 14.7 Å². The lowest BCUT2D eigenvalue weighted by Crippen LogP contribution is -2.50. The summed E-state index contributed by atoms with van der Waals surface area (Å²) in [6.07, 6.45) is 1.94. The number of sulfone groups is 1. The minimum atomic E-state index is -3.02. The molecule has 1 unspecified atom stereocenters. The molecule has 9 heteroatoms. The first-order valence-corrected chi connectivity index (χ1v) is 9.64. The van der Waals surface area contributed by atoms with Crippen LogP contribution in [0.5, 0.6) is 0 Å². The van der Waals surface area contributed by atoms with E-state index in [0.717, 1.165) is 0 Å². The molecule has 2 amide bonds. The van der Waals surface area contributed by atoms with E-state index in [-0.39, 0.29) is 34.9 Å². The van der Waals surface area contributed by atoms with Gasteiger partial charge in [0.25, 0.3) is 5.91 Å². The molecule has 8 nitrogen and oxygen atoms in total. The topological polar surface area (TPSA) is 102 Å². The van der Waals surface area contributed by atoms with E-state index in [2.05, 4.69) is 0 Å². The van der Waals surface area contributed by atoms with Gasteiger partial charge in [-0.15, -0.1) is 0 Å². The molecule has 0 bridgehead atoms. The number of piperazine rings is 1. The first-order valence-electron chi connectivity index (χ1n) is 7.82. The number of hydrogen-bond donors (Lipinski definition) is 0. The number of hydrogen-bond acceptors (Lipinski definition) is 6. The normalized spacial score (nSPS) is 23.7. The maximum absolute atomic E-state index is 12.5. The van der Waals surface area contributed by atoms with Crippen LogP contribution < -0.4 is 0 Å². The van der Waals surface area contributed by atoms with Gasteiger partial charge in [0, 0.05) is 52.4 Å². The SMILES string of the molecule is CC(=O)N1CCN(C(=O)/C(C#N)=C\N(C)C2CCS(=O)(=O)C2)CC1. The molecule has 0 aliphatic carbocycles. The van der Waals surface area contributed by atoms with Crippen molar-refractivity contribution >= 4 is 21.7 Å². The predicted octanol–water partition coefficient (Wildman–Crippen LogP) is -0.797. The van der Waals surface area contributed by atoms with E-state index in [1.165, 1.54) is 13.1 Å². The molecule has 0 radical (unpaired) electrons. The van der Waals surface area contributed by atoms with Gasteiger partial charge in [0.2, 0.25) is 5.91 Å². The Labute approximate surface area is 142 Å². The fourth-order valence-corrected chi connectivity index (χ4v) is 4.72. The molecule has 1 atom stereocenters.